The number of halogens is 1. The Bertz CT molecular complexity index is 607. The summed E-state index contributed by atoms with van der Waals surface area (Å²) in [6.07, 6.45) is 7.30. The van der Waals surface area contributed by atoms with Crippen molar-refractivity contribution < 1.29 is 4.39 Å². The number of hydrogen-bond donors (Lipinski definition) is 3. The fraction of sp³-hybridized carbons (Fsp3) is 0.444. The zero-order valence-corrected chi connectivity index (χ0v) is 14.1. The minimum absolute atomic E-state index is 0.196. The van der Waals surface area contributed by atoms with Crippen LogP contribution in [0.5, 0.6) is 0 Å². The third-order valence-corrected chi connectivity index (χ3v) is 4.07. The number of imidazole rings is 1. The van der Waals surface area contributed by atoms with E-state index in [2.05, 4.69) is 27.2 Å². The summed E-state index contributed by atoms with van der Waals surface area (Å²) in [6.45, 7) is 3.58. The first-order valence-corrected chi connectivity index (χ1v) is 8.45. The molecule has 0 spiro atoms. The Labute approximate surface area is 142 Å². The molecule has 0 fully saturated rings. The lowest BCUT2D eigenvalue weighted by Gasteiger charge is -2.16. The van der Waals surface area contributed by atoms with Gasteiger partial charge < -0.3 is 16.0 Å². The van der Waals surface area contributed by atoms with E-state index in [-0.39, 0.29) is 5.82 Å². The van der Waals surface area contributed by atoms with E-state index in [9.17, 15) is 4.39 Å². The minimum Gasteiger partial charge on any atom is -0.370 e. The maximum absolute atomic E-state index is 13.0. The summed E-state index contributed by atoms with van der Waals surface area (Å²) in [7, 11) is 0. The van der Waals surface area contributed by atoms with Crippen molar-refractivity contribution in [3.8, 4) is 0 Å². The summed E-state index contributed by atoms with van der Waals surface area (Å²) in [5, 5.41) is 3.16. The maximum Gasteiger partial charge on any atom is 0.188 e. The van der Waals surface area contributed by atoms with Gasteiger partial charge in [0, 0.05) is 25.0 Å². The number of benzene rings is 1. The monoisotopic (exact) mass is 331 g/mol. The van der Waals surface area contributed by atoms with E-state index in [0.29, 0.717) is 18.4 Å². The molecule has 2 rings (SSSR count). The molecule has 0 radical (unpaired) electrons. The number of aromatic amines is 1. The third-order valence-electron chi connectivity index (χ3n) is 4.07. The summed E-state index contributed by atoms with van der Waals surface area (Å²) in [5.74, 6) is 0.679. The molecule has 0 amide bonds. The Hall–Kier alpha value is -2.37. The molecule has 0 saturated carbocycles. The number of nitrogens with one attached hydrogen (secondary N) is 2. The lowest BCUT2D eigenvalue weighted by molar-refractivity contribution is 0.589. The number of aromatic nitrogens is 2. The number of H-pyrrole nitrogens is 1. The second-order valence-electron chi connectivity index (χ2n) is 5.82. The lowest BCUT2D eigenvalue weighted by atomic mass is 9.93. The van der Waals surface area contributed by atoms with Crippen molar-refractivity contribution in [2.45, 2.75) is 38.5 Å². The van der Waals surface area contributed by atoms with Crippen LogP contribution in [0, 0.1) is 5.82 Å². The van der Waals surface area contributed by atoms with Crippen molar-refractivity contribution in [1.82, 2.24) is 15.3 Å². The molecule has 0 aliphatic rings. The number of guanidine groups is 1. The number of hydrogen-bond acceptors (Lipinski definition) is 2. The van der Waals surface area contributed by atoms with Crippen LogP contribution in [0.3, 0.4) is 0 Å². The highest BCUT2D eigenvalue weighted by molar-refractivity contribution is 5.77. The van der Waals surface area contributed by atoms with Gasteiger partial charge in [0.15, 0.2) is 5.96 Å². The molecule has 1 aromatic carbocycles. The van der Waals surface area contributed by atoms with Crippen LogP contribution >= 0.6 is 0 Å². The summed E-state index contributed by atoms with van der Waals surface area (Å²) in [5.41, 5.74) is 8.16. The fourth-order valence-corrected chi connectivity index (χ4v) is 2.66. The molecule has 0 saturated heterocycles. The predicted molar refractivity (Wildman–Crippen MR) is 95.4 cm³/mol. The Morgan fingerprint density at radius 1 is 1.38 bits per heavy atom. The van der Waals surface area contributed by atoms with Gasteiger partial charge in [-0.15, -0.1) is 0 Å². The highest BCUT2D eigenvalue weighted by Gasteiger charge is 2.09. The number of nitrogens with two attached hydrogens (primary N) is 1. The summed E-state index contributed by atoms with van der Waals surface area (Å²) in [4.78, 5) is 11.4. The number of aryl methyl sites for hydroxylation is 1. The Morgan fingerprint density at radius 3 is 2.83 bits per heavy atom. The molecule has 5 nitrogen and oxygen atoms in total. The smallest absolute Gasteiger partial charge is 0.188 e. The van der Waals surface area contributed by atoms with Crippen LogP contribution in [-0.2, 0) is 6.42 Å². The maximum atomic E-state index is 13.0. The first kappa shape index (κ1) is 18.0. The van der Waals surface area contributed by atoms with Gasteiger partial charge in [-0.3, -0.25) is 4.99 Å². The molecular weight excluding hydrogens is 305 g/mol. The van der Waals surface area contributed by atoms with Crippen LogP contribution in [0.15, 0.2) is 41.8 Å². The van der Waals surface area contributed by atoms with E-state index in [4.69, 9.17) is 5.73 Å². The second-order valence-corrected chi connectivity index (χ2v) is 5.82. The van der Waals surface area contributed by atoms with Crippen LogP contribution in [0.1, 0.15) is 43.4 Å². The van der Waals surface area contributed by atoms with Gasteiger partial charge in [-0.1, -0.05) is 19.1 Å². The zero-order chi connectivity index (χ0) is 17.2. The molecule has 6 heteroatoms. The van der Waals surface area contributed by atoms with Gasteiger partial charge in [0.1, 0.15) is 5.82 Å². The number of rotatable bonds is 9. The van der Waals surface area contributed by atoms with E-state index in [1.165, 1.54) is 12.1 Å². The molecule has 130 valence electrons. The Balaban J connectivity index is 1.67. The highest BCUT2D eigenvalue weighted by atomic mass is 19.1. The van der Waals surface area contributed by atoms with E-state index < -0.39 is 0 Å². The molecular formula is C18H26FN5. The fourth-order valence-electron chi connectivity index (χ4n) is 2.66. The SMILES string of the molecule is CCC(CCNC(N)=NCCCc1cnc[nH]1)c1ccc(F)cc1. The molecule has 0 aliphatic heterocycles. The lowest BCUT2D eigenvalue weighted by Crippen LogP contribution is -2.33. The van der Waals surface area contributed by atoms with Crippen LogP contribution in [0.2, 0.25) is 0 Å². The van der Waals surface area contributed by atoms with Crippen molar-refractivity contribution in [2.24, 2.45) is 10.7 Å². The topological polar surface area (TPSA) is 79.1 Å². The summed E-state index contributed by atoms with van der Waals surface area (Å²) in [6, 6.07) is 6.74. The average Bonchev–Trinajstić information content (AvgIpc) is 3.10. The number of nitrogens with zero attached hydrogens (tertiary/aromatic N) is 2. The molecule has 4 N–H and O–H groups in total. The Kier molecular flexibility index (Phi) is 7.26. The molecule has 2 aromatic rings. The molecule has 0 bridgehead atoms. The summed E-state index contributed by atoms with van der Waals surface area (Å²) >= 11 is 0. The molecule has 24 heavy (non-hydrogen) atoms. The van der Waals surface area contributed by atoms with E-state index in [0.717, 1.165) is 43.5 Å². The second kappa shape index (κ2) is 9.70. The molecule has 1 atom stereocenters. The first-order valence-electron chi connectivity index (χ1n) is 8.45. The largest absolute Gasteiger partial charge is 0.370 e. The molecule has 1 unspecified atom stereocenters. The summed E-state index contributed by atoms with van der Waals surface area (Å²) < 4.78 is 13.0. The van der Waals surface area contributed by atoms with Gasteiger partial charge in [-0.25, -0.2) is 9.37 Å². The van der Waals surface area contributed by atoms with Gasteiger partial charge in [-0.2, -0.15) is 0 Å². The molecule has 1 heterocycles. The predicted octanol–water partition coefficient (Wildman–Crippen LogP) is 2.97. The van der Waals surface area contributed by atoms with Crippen LogP contribution in [-0.4, -0.2) is 29.0 Å². The zero-order valence-electron chi connectivity index (χ0n) is 14.1. The minimum atomic E-state index is -0.196. The van der Waals surface area contributed by atoms with Crippen LogP contribution in [0.4, 0.5) is 4.39 Å². The molecule has 0 aliphatic carbocycles. The molecule has 1 aromatic heterocycles. The van der Waals surface area contributed by atoms with Crippen molar-refractivity contribution >= 4 is 5.96 Å². The van der Waals surface area contributed by atoms with E-state index in [1.807, 2.05) is 18.3 Å². The van der Waals surface area contributed by atoms with Gasteiger partial charge in [0.2, 0.25) is 0 Å². The van der Waals surface area contributed by atoms with Gasteiger partial charge in [0.25, 0.3) is 0 Å². The number of aliphatic imine (C=N–C) groups is 1. The van der Waals surface area contributed by atoms with Gasteiger partial charge in [0.05, 0.1) is 6.33 Å². The van der Waals surface area contributed by atoms with Gasteiger partial charge in [-0.05, 0) is 49.3 Å². The van der Waals surface area contributed by atoms with Crippen molar-refractivity contribution in [1.29, 1.82) is 0 Å². The standard InChI is InChI=1S/C18H26FN5/c1-2-14(15-5-7-16(19)8-6-15)9-11-23-18(20)22-10-3-4-17-12-21-13-24-17/h5-8,12-14H,2-4,9-11H2,1H3,(H,21,24)(H3,20,22,23). The van der Waals surface area contributed by atoms with Crippen molar-refractivity contribution in [3.05, 3.63) is 53.9 Å². The van der Waals surface area contributed by atoms with Gasteiger partial charge >= 0.3 is 0 Å². The highest BCUT2D eigenvalue weighted by Crippen LogP contribution is 2.22. The van der Waals surface area contributed by atoms with E-state index >= 15 is 0 Å². The Morgan fingerprint density at radius 2 is 2.17 bits per heavy atom. The first-order chi connectivity index (χ1) is 11.7. The quantitative estimate of drug-likeness (QED) is 0.375. The van der Waals surface area contributed by atoms with E-state index in [1.54, 1.807) is 6.33 Å². The van der Waals surface area contributed by atoms with Crippen LogP contribution in [0.25, 0.3) is 0 Å². The van der Waals surface area contributed by atoms with Crippen molar-refractivity contribution in [2.75, 3.05) is 13.1 Å². The third kappa shape index (κ3) is 6.02. The normalized spacial score (nSPS) is 13.0. The average molecular weight is 331 g/mol. The van der Waals surface area contributed by atoms with Crippen LogP contribution < -0.4 is 11.1 Å². The van der Waals surface area contributed by atoms with Crippen molar-refractivity contribution in [3.63, 3.8) is 0 Å².